The van der Waals surface area contributed by atoms with E-state index in [0.29, 0.717) is 22.7 Å². The van der Waals surface area contributed by atoms with Gasteiger partial charge in [-0.1, -0.05) is 17.7 Å². The van der Waals surface area contributed by atoms with Gasteiger partial charge in [-0.2, -0.15) is 0 Å². The van der Waals surface area contributed by atoms with Crippen molar-refractivity contribution in [1.82, 2.24) is 0 Å². The molecular weight excluding hydrogens is 282 g/mol. The van der Waals surface area contributed by atoms with Crippen molar-refractivity contribution in [2.75, 3.05) is 11.4 Å². The predicted octanol–water partition coefficient (Wildman–Crippen LogP) is 3.64. The van der Waals surface area contributed by atoms with Crippen LogP contribution in [-0.2, 0) is 6.54 Å². The van der Waals surface area contributed by atoms with Gasteiger partial charge in [0.25, 0.3) is 0 Å². The van der Waals surface area contributed by atoms with Crippen molar-refractivity contribution >= 4 is 17.3 Å². The lowest BCUT2D eigenvalue weighted by Crippen LogP contribution is -2.28. The average molecular weight is 295 g/mol. The second-order valence-electron chi connectivity index (χ2n) is 4.82. The van der Waals surface area contributed by atoms with Crippen LogP contribution in [0.15, 0.2) is 36.4 Å². The van der Waals surface area contributed by atoms with E-state index in [1.54, 1.807) is 12.1 Å². The predicted molar refractivity (Wildman–Crippen MR) is 75.8 cm³/mol. The highest BCUT2D eigenvalue weighted by Crippen LogP contribution is 2.39. The molecule has 1 unspecified atom stereocenters. The molecule has 5 heteroatoms. The first-order valence-electron chi connectivity index (χ1n) is 6.30. The average Bonchev–Trinajstić information content (AvgIpc) is 2.77. The zero-order valence-electron chi connectivity index (χ0n) is 10.6. The molecule has 0 saturated carbocycles. The maximum Gasteiger partial charge on any atom is 0.131 e. The normalized spacial score (nSPS) is 17.4. The summed E-state index contributed by atoms with van der Waals surface area (Å²) >= 11 is 5.99. The van der Waals surface area contributed by atoms with E-state index >= 15 is 0 Å². The topological polar surface area (TPSA) is 29.3 Å². The molecule has 3 rings (SSSR count). The number of nitrogens with zero attached hydrogens (tertiary/aromatic N) is 1. The second kappa shape index (κ2) is 5.04. The summed E-state index contributed by atoms with van der Waals surface area (Å²) in [7, 11) is 0. The Bertz CT molecular complexity index is 660. The third kappa shape index (κ3) is 2.15. The molecule has 0 fully saturated rings. The Kier molecular flexibility index (Phi) is 3.36. The minimum absolute atomic E-state index is 0.252. The SMILES string of the molecule is NCC1c2c(F)cc(F)cc2CN1c1cccc(Cl)c1. The summed E-state index contributed by atoms with van der Waals surface area (Å²) in [4.78, 5) is 1.94. The van der Waals surface area contributed by atoms with E-state index in [2.05, 4.69) is 0 Å². The van der Waals surface area contributed by atoms with Crippen LogP contribution >= 0.6 is 11.6 Å². The van der Waals surface area contributed by atoms with Gasteiger partial charge >= 0.3 is 0 Å². The van der Waals surface area contributed by atoms with E-state index in [-0.39, 0.29) is 12.6 Å². The second-order valence-corrected chi connectivity index (χ2v) is 5.26. The van der Waals surface area contributed by atoms with Crippen molar-refractivity contribution in [3.63, 3.8) is 0 Å². The van der Waals surface area contributed by atoms with Crippen LogP contribution in [0.2, 0.25) is 5.02 Å². The summed E-state index contributed by atoms with van der Waals surface area (Å²) in [6, 6.07) is 9.24. The van der Waals surface area contributed by atoms with E-state index in [0.717, 1.165) is 11.8 Å². The molecule has 2 aromatic rings. The molecule has 0 bridgehead atoms. The monoisotopic (exact) mass is 294 g/mol. The van der Waals surface area contributed by atoms with E-state index in [9.17, 15) is 8.78 Å². The van der Waals surface area contributed by atoms with Crippen LogP contribution in [0.5, 0.6) is 0 Å². The fourth-order valence-corrected chi connectivity index (χ4v) is 2.95. The lowest BCUT2D eigenvalue weighted by molar-refractivity contribution is 0.559. The van der Waals surface area contributed by atoms with Crippen LogP contribution in [-0.4, -0.2) is 6.54 Å². The van der Waals surface area contributed by atoms with Gasteiger partial charge < -0.3 is 10.6 Å². The van der Waals surface area contributed by atoms with Crippen molar-refractivity contribution in [1.29, 1.82) is 0 Å². The molecule has 1 heterocycles. The molecule has 2 N–H and O–H groups in total. The standard InChI is InChI=1S/C15H13ClF2N2/c16-10-2-1-3-12(5-10)20-8-9-4-11(17)6-13(18)15(9)14(20)7-19/h1-6,14H,7-8,19H2. The Balaban J connectivity index is 2.07. The summed E-state index contributed by atoms with van der Waals surface area (Å²) in [6.45, 7) is 0.675. The Labute approximate surface area is 120 Å². The number of halogens is 3. The fourth-order valence-electron chi connectivity index (χ4n) is 2.76. The number of hydrogen-bond donors (Lipinski definition) is 1. The Hall–Kier alpha value is -1.65. The number of nitrogens with two attached hydrogens (primary N) is 1. The Morgan fingerprint density at radius 2 is 2.05 bits per heavy atom. The molecule has 0 aliphatic carbocycles. The zero-order chi connectivity index (χ0) is 14.3. The van der Waals surface area contributed by atoms with Gasteiger partial charge in [-0.3, -0.25) is 0 Å². The number of benzene rings is 2. The van der Waals surface area contributed by atoms with E-state index in [1.165, 1.54) is 6.07 Å². The van der Waals surface area contributed by atoms with Gasteiger partial charge in [0, 0.05) is 35.4 Å². The smallest absolute Gasteiger partial charge is 0.131 e. The molecular formula is C15H13ClF2N2. The highest BCUT2D eigenvalue weighted by atomic mass is 35.5. The zero-order valence-corrected chi connectivity index (χ0v) is 11.4. The van der Waals surface area contributed by atoms with Gasteiger partial charge in [0.1, 0.15) is 11.6 Å². The van der Waals surface area contributed by atoms with Gasteiger partial charge in [0.2, 0.25) is 0 Å². The summed E-state index contributed by atoms with van der Waals surface area (Å²) in [5, 5.41) is 0.598. The third-order valence-electron chi connectivity index (χ3n) is 3.59. The molecule has 2 aromatic carbocycles. The first-order valence-corrected chi connectivity index (χ1v) is 6.68. The van der Waals surface area contributed by atoms with Crippen LogP contribution in [0, 0.1) is 11.6 Å². The van der Waals surface area contributed by atoms with Gasteiger partial charge in [-0.05, 0) is 29.8 Å². The molecule has 20 heavy (non-hydrogen) atoms. The summed E-state index contributed by atoms with van der Waals surface area (Å²) in [5.74, 6) is -1.11. The van der Waals surface area contributed by atoms with Gasteiger partial charge in [-0.25, -0.2) is 8.78 Å². The van der Waals surface area contributed by atoms with E-state index < -0.39 is 11.6 Å². The van der Waals surface area contributed by atoms with Crippen molar-refractivity contribution in [3.8, 4) is 0 Å². The van der Waals surface area contributed by atoms with E-state index in [4.69, 9.17) is 17.3 Å². The van der Waals surface area contributed by atoms with Crippen LogP contribution in [0.3, 0.4) is 0 Å². The summed E-state index contributed by atoms with van der Waals surface area (Å²) < 4.78 is 27.3. The maximum absolute atomic E-state index is 14.0. The number of hydrogen-bond acceptors (Lipinski definition) is 2. The highest BCUT2D eigenvalue weighted by molar-refractivity contribution is 6.30. The van der Waals surface area contributed by atoms with Gasteiger partial charge in [-0.15, -0.1) is 0 Å². The lowest BCUT2D eigenvalue weighted by Gasteiger charge is -2.26. The number of rotatable bonds is 2. The van der Waals surface area contributed by atoms with Gasteiger partial charge in [0.05, 0.1) is 6.04 Å². The van der Waals surface area contributed by atoms with Crippen LogP contribution in [0.4, 0.5) is 14.5 Å². The number of anilines is 1. The fraction of sp³-hybridized carbons (Fsp3) is 0.200. The molecule has 1 aliphatic heterocycles. The quantitative estimate of drug-likeness (QED) is 0.916. The summed E-state index contributed by atoms with van der Waals surface area (Å²) in [5.41, 5.74) is 7.75. The van der Waals surface area contributed by atoms with Crippen LogP contribution < -0.4 is 10.6 Å². The van der Waals surface area contributed by atoms with Gasteiger partial charge in [0.15, 0.2) is 0 Å². The molecule has 1 aliphatic rings. The molecule has 0 amide bonds. The number of fused-ring (bicyclic) bond motifs is 1. The molecule has 0 radical (unpaired) electrons. The molecule has 1 atom stereocenters. The Morgan fingerprint density at radius 1 is 1.25 bits per heavy atom. The first-order chi connectivity index (χ1) is 9.60. The molecule has 0 saturated heterocycles. The van der Waals surface area contributed by atoms with Crippen molar-refractivity contribution < 1.29 is 8.78 Å². The molecule has 0 aromatic heterocycles. The van der Waals surface area contributed by atoms with Crippen LogP contribution in [0.25, 0.3) is 0 Å². The van der Waals surface area contributed by atoms with Crippen molar-refractivity contribution in [2.24, 2.45) is 5.73 Å². The molecule has 2 nitrogen and oxygen atoms in total. The first kappa shape index (κ1) is 13.3. The molecule has 104 valence electrons. The molecule has 0 spiro atoms. The Morgan fingerprint density at radius 3 is 2.75 bits per heavy atom. The van der Waals surface area contributed by atoms with Crippen molar-refractivity contribution in [3.05, 3.63) is 64.2 Å². The highest BCUT2D eigenvalue weighted by Gasteiger charge is 2.32. The maximum atomic E-state index is 14.0. The third-order valence-corrected chi connectivity index (χ3v) is 3.83. The summed E-state index contributed by atoms with van der Waals surface area (Å²) in [6.07, 6.45) is 0. The van der Waals surface area contributed by atoms with E-state index in [1.807, 2.05) is 17.0 Å². The minimum Gasteiger partial charge on any atom is -0.359 e. The van der Waals surface area contributed by atoms with Crippen LogP contribution in [0.1, 0.15) is 17.2 Å². The largest absolute Gasteiger partial charge is 0.359 e. The van der Waals surface area contributed by atoms with Crippen molar-refractivity contribution in [2.45, 2.75) is 12.6 Å². The lowest BCUT2D eigenvalue weighted by atomic mass is 10.0. The minimum atomic E-state index is -0.565.